The number of hydrogen-bond donors (Lipinski definition) is 1. The Morgan fingerprint density at radius 2 is 2.10 bits per heavy atom. The van der Waals surface area contributed by atoms with Crippen LogP contribution in [0, 0.1) is 12.7 Å². The Kier molecular flexibility index (Phi) is 4.89. The fourth-order valence-electron chi connectivity index (χ4n) is 1.60. The lowest BCUT2D eigenvalue weighted by Crippen LogP contribution is -2.04. The Labute approximate surface area is 125 Å². The molecule has 1 N–H and O–H groups in total. The zero-order chi connectivity index (χ0) is 14.5. The monoisotopic (exact) mass is 339 g/mol. The third kappa shape index (κ3) is 3.90. The molecule has 2 aromatic rings. The molecule has 0 aliphatic carbocycles. The SMILES string of the molecule is CCCNc1cc(Oc2ccc(Br)c(F)c2)nc(C)n1. The molecule has 1 aromatic carbocycles. The molecule has 0 spiro atoms. The Bertz CT molecular complexity index is 607. The lowest BCUT2D eigenvalue weighted by Gasteiger charge is -2.09. The summed E-state index contributed by atoms with van der Waals surface area (Å²) >= 11 is 3.10. The quantitative estimate of drug-likeness (QED) is 0.882. The average molecular weight is 340 g/mol. The smallest absolute Gasteiger partial charge is 0.224 e. The summed E-state index contributed by atoms with van der Waals surface area (Å²) < 4.78 is 19.4. The second-order valence-electron chi connectivity index (χ2n) is 4.24. The summed E-state index contributed by atoms with van der Waals surface area (Å²) in [5, 5.41) is 3.17. The van der Waals surface area contributed by atoms with Gasteiger partial charge in [-0.3, -0.25) is 0 Å². The Hall–Kier alpha value is -1.69. The van der Waals surface area contributed by atoms with Gasteiger partial charge in [-0.2, -0.15) is 4.98 Å². The molecule has 0 unspecified atom stereocenters. The number of nitrogens with zero attached hydrogens (tertiary/aromatic N) is 2. The number of rotatable bonds is 5. The summed E-state index contributed by atoms with van der Waals surface area (Å²) in [4.78, 5) is 8.44. The summed E-state index contributed by atoms with van der Waals surface area (Å²) in [7, 11) is 0. The minimum absolute atomic E-state index is 0.377. The van der Waals surface area contributed by atoms with Crippen LogP contribution in [0.25, 0.3) is 0 Å². The highest BCUT2D eigenvalue weighted by atomic mass is 79.9. The maximum Gasteiger partial charge on any atom is 0.224 e. The molecule has 1 aromatic heterocycles. The lowest BCUT2D eigenvalue weighted by atomic mass is 10.3. The van der Waals surface area contributed by atoms with E-state index in [2.05, 4.69) is 38.1 Å². The standard InChI is InChI=1S/C14H15BrFN3O/c1-3-6-17-13-8-14(19-9(2)18-13)20-10-4-5-11(15)12(16)7-10/h4-5,7-8H,3,6H2,1-2H3,(H,17,18,19). The van der Waals surface area contributed by atoms with Gasteiger partial charge >= 0.3 is 0 Å². The third-order valence-electron chi connectivity index (χ3n) is 2.48. The Morgan fingerprint density at radius 3 is 2.80 bits per heavy atom. The van der Waals surface area contributed by atoms with E-state index in [1.54, 1.807) is 25.1 Å². The molecule has 1 heterocycles. The summed E-state index contributed by atoms with van der Waals surface area (Å²) in [5.74, 6) is 1.70. The van der Waals surface area contributed by atoms with Crippen molar-refractivity contribution in [3.63, 3.8) is 0 Å². The molecule has 0 fully saturated rings. The number of ether oxygens (including phenoxy) is 1. The summed E-state index contributed by atoms with van der Waals surface area (Å²) in [6, 6.07) is 6.27. The first kappa shape index (κ1) is 14.7. The van der Waals surface area contributed by atoms with E-state index in [4.69, 9.17) is 4.74 Å². The van der Waals surface area contributed by atoms with Crippen LogP contribution in [-0.4, -0.2) is 16.5 Å². The minimum Gasteiger partial charge on any atom is -0.439 e. The van der Waals surface area contributed by atoms with Gasteiger partial charge in [0.25, 0.3) is 0 Å². The van der Waals surface area contributed by atoms with Gasteiger partial charge in [0.2, 0.25) is 5.88 Å². The first-order valence-corrected chi connectivity index (χ1v) is 7.10. The highest BCUT2D eigenvalue weighted by molar-refractivity contribution is 9.10. The molecule has 0 bridgehead atoms. The number of benzene rings is 1. The molecule has 0 amide bonds. The Balaban J connectivity index is 2.19. The molecule has 0 saturated heterocycles. The summed E-state index contributed by atoms with van der Waals surface area (Å²) in [6.45, 7) is 4.68. The molecule has 2 rings (SSSR count). The van der Waals surface area contributed by atoms with Crippen molar-refractivity contribution < 1.29 is 9.13 Å². The zero-order valence-corrected chi connectivity index (χ0v) is 12.9. The van der Waals surface area contributed by atoms with Crippen molar-refractivity contribution >= 4 is 21.7 Å². The van der Waals surface area contributed by atoms with Gasteiger partial charge < -0.3 is 10.1 Å². The number of halogens is 2. The predicted molar refractivity (Wildman–Crippen MR) is 79.7 cm³/mol. The van der Waals surface area contributed by atoms with Crippen molar-refractivity contribution in [3.05, 3.63) is 40.4 Å². The molecular formula is C14H15BrFN3O. The molecule has 6 heteroatoms. The van der Waals surface area contributed by atoms with E-state index in [0.29, 0.717) is 27.7 Å². The van der Waals surface area contributed by atoms with E-state index in [9.17, 15) is 4.39 Å². The number of aromatic nitrogens is 2. The molecule has 4 nitrogen and oxygen atoms in total. The highest BCUT2D eigenvalue weighted by Gasteiger charge is 2.06. The maximum absolute atomic E-state index is 13.4. The second-order valence-corrected chi connectivity index (χ2v) is 5.10. The van der Waals surface area contributed by atoms with Gasteiger partial charge in [0.05, 0.1) is 4.47 Å². The lowest BCUT2D eigenvalue weighted by molar-refractivity contribution is 0.455. The third-order valence-corrected chi connectivity index (χ3v) is 3.13. The summed E-state index contributed by atoms with van der Waals surface area (Å²) in [6.07, 6.45) is 0.997. The van der Waals surface area contributed by atoms with Gasteiger partial charge in [-0.05, 0) is 41.4 Å². The van der Waals surface area contributed by atoms with Crippen LogP contribution in [0.4, 0.5) is 10.2 Å². The van der Waals surface area contributed by atoms with Crippen LogP contribution in [0.1, 0.15) is 19.2 Å². The van der Waals surface area contributed by atoms with Crippen LogP contribution in [0.5, 0.6) is 11.6 Å². The van der Waals surface area contributed by atoms with E-state index in [1.807, 2.05) is 0 Å². The van der Waals surface area contributed by atoms with Crippen molar-refractivity contribution in [1.82, 2.24) is 9.97 Å². The van der Waals surface area contributed by atoms with Gasteiger partial charge in [-0.15, -0.1) is 0 Å². The van der Waals surface area contributed by atoms with Crippen LogP contribution in [0.15, 0.2) is 28.7 Å². The Morgan fingerprint density at radius 1 is 1.30 bits per heavy atom. The van der Waals surface area contributed by atoms with Crippen molar-refractivity contribution in [3.8, 4) is 11.6 Å². The normalized spacial score (nSPS) is 10.4. The minimum atomic E-state index is -0.377. The number of aryl methyl sites for hydroxylation is 1. The first-order chi connectivity index (χ1) is 9.58. The maximum atomic E-state index is 13.4. The van der Waals surface area contributed by atoms with E-state index in [0.717, 1.165) is 13.0 Å². The van der Waals surface area contributed by atoms with Crippen molar-refractivity contribution in [1.29, 1.82) is 0 Å². The van der Waals surface area contributed by atoms with Crippen LogP contribution in [-0.2, 0) is 0 Å². The van der Waals surface area contributed by atoms with Crippen molar-refractivity contribution in [2.24, 2.45) is 0 Å². The topological polar surface area (TPSA) is 47.0 Å². The highest BCUT2D eigenvalue weighted by Crippen LogP contribution is 2.25. The fourth-order valence-corrected chi connectivity index (χ4v) is 1.84. The van der Waals surface area contributed by atoms with Crippen LogP contribution < -0.4 is 10.1 Å². The van der Waals surface area contributed by atoms with Gasteiger partial charge in [0, 0.05) is 18.7 Å². The number of anilines is 1. The summed E-state index contributed by atoms with van der Waals surface area (Å²) in [5.41, 5.74) is 0. The zero-order valence-electron chi connectivity index (χ0n) is 11.3. The second kappa shape index (κ2) is 6.65. The molecule has 20 heavy (non-hydrogen) atoms. The fraction of sp³-hybridized carbons (Fsp3) is 0.286. The molecule has 0 saturated carbocycles. The van der Waals surface area contributed by atoms with E-state index in [-0.39, 0.29) is 5.82 Å². The van der Waals surface area contributed by atoms with Gasteiger partial charge in [0.15, 0.2) is 0 Å². The number of hydrogen-bond acceptors (Lipinski definition) is 4. The van der Waals surface area contributed by atoms with E-state index < -0.39 is 0 Å². The molecule has 106 valence electrons. The molecule has 0 atom stereocenters. The van der Waals surface area contributed by atoms with Crippen molar-refractivity contribution in [2.45, 2.75) is 20.3 Å². The van der Waals surface area contributed by atoms with E-state index in [1.165, 1.54) is 6.07 Å². The molecule has 0 aliphatic heterocycles. The molecule has 0 radical (unpaired) electrons. The van der Waals surface area contributed by atoms with Crippen LogP contribution >= 0.6 is 15.9 Å². The van der Waals surface area contributed by atoms with Crippen LogP contribution in [0.3, 0.4) is 0 Å². The van der Waals surface area contributed by atoms with E-state index >= 15 is 0 Å². The predicted octanol–water partition coefficient (Wildman–Crippen LogP) is 4.30. The van der Waals surface area contributed by atoms with Crippen LogP contribution in [0.2, 0.25) is 0 Å². The number of nitrogens with one attached hydrogen (secondary N) is 1. The molecule has 0 aliphatic rings. The van der Waals surface area contributed by atoms with Gasteiger partial charge in [0.1, 0.15) is 23.2 Å². The average Bonchev–Trinajstić information content (AvgIpc) is 2.40. The first-order valence-electron chi connectivity index (χ1n) is 6.31. The molecular weight excluding hydrogens is 325 g/mol. The van der Waals surface area contributed by atoms with Gasteiger partial charge in [-0.25, -0.2) is 9.37 Å². The van der Waals surface area contributed by atoms with Gasteiger partial charge in [-0.1, -0.05) is 6.92 Å². The van der Waals surface area contributed by atoms with Crippen molar-refractivity contribution in [2.75, 3.05) is 11.9 Å². The largest absolute Gasteiger partial charge is 0.439 e.